The first-order valence-electron chi connectivity index (χ1n) is 5.06. The van der Waals surface area contributed by atoms with Gasteiger partial charge in [-0.3, -0.25) is 10.3 Å². The van der Waals surface area contributed by atoms with Crippen LogP contribution in [0.5, 0.6) is 0 Å². The average molecular weight is 308 g/mol. The number of pyridine rings is 1. The second-order valence-electron chi connectivity index (χ2n) is 3.42. The predicted octanol–water partition coefficient (Wildman–Crippen LogP) is 3.26. The van der Waals surface area contributed by atoms with Crippen LogP contribution >= 0.6 is 27.3 Å². The van der Waals surface area contributed by atoms with Gasteiger partial charge >= 0.3 is 0 Å². The number of hydrogen-bond acceptors (Lipinski definition) is 4. The number of aromatic nitrogens is 1. The third kappa shape index (κ3) is 3.37. The molecule has 0 radical (unpaired) electrons. The largest absolute Gasteiger partial charge is 0.292 e. The van der Waals surface area contributed by atoms with Crippen LogP contribution in [0.4, 0.5) is 0 Å². The number of nitrogens with zero attached hydrogens (tertiary/aromatic N) is 2. The minimum atomic E-state index is -0.370. The average Bonchev–Trinajstić information content (AvgIpc) is 2.85. The van der Waals surface area contributed by atoms with Crippen LogP contribution in [0, 0.1) is 11.3 Å². The van der Waals surface area contributed by atoms with E-state index in [4.69, 9.17) is 5.26 Å². The summed E-state index contributed by atoms with van der Waals surface area (Å²) in [6, 6.07) is 9.62. The minimum Gasteiger partial charge on any atom is -0.292 e. The first-order chi connectivity index (χ1) is 8.29. The molecule has 17 heavy (non-hydrogen) atoms. The van der Waals surface area contributed by atoms with Crippen molar-refractivity contribution in [1.82, 2.24) is 10.3 Å². The summed E-state index contributed by atoms with van der Waals surface area (Å²) in [6.45, 7) is 0.688. The Hall–Kier alpha value is -1.22. The van der Waals surface area contributed by atoms with E-state index in [-0.39, 0.29) is 6.04 Å². The Kier molecular flexibility index (Phi) is 4.26. The number of thiophene rings is 1. The summed E-state index contributed by atoms with van der Waals surface area (Å²) in [7, 11) is 0. The molecule has 2 heterocycles. The summed E-state index contributed by atoms with van der Waals surface area (Å²) in [5.74, 6) is 0. The van der Waals surface area contributed by atoms with Gasteiger partial charge in [0.05, 0.1) is 11.8 Å². The molecule has 0 aromatic carbocycles. The number of hydrogen-bond donors (Lipinski definition) is 1. The lowest BCUT2D eigenvalue weighted by Gasteiger charge is -2.09. The van der Waals surface area contributed by atoms with E-state index in [0.717, 1.165) is 10.2 Å². The summed E-state index contributed by atoms with van der Waals surface area (Å²) >= 11 is 5.00. The van der Waals surface area contributed by atoms with Crippen molar-refractivity contribution in [1.29, 1.82) is 5.26 Å². The Labute approximate surface area is 112 Å². The van der Waals surface area contributed by atoms with Crippen LogP contribution in [0.25, 0.3) is 0 Å². The van der Waals surface area contributed by atoms with Crippen molar-refractivity contribution in [2.24, 2.45) is 0 Å². The normalized spacial score (nSPS) is 12.0. The van der Waals surface area contributed by atoms with Crippen LogP contribution in [-0.2, 0) is 6.54 Å². The number of halogens is 1. The molecule has 0 saturated carbocycles. The molecule has 86 valence electrons. The molecule has 1 atom stereocenters. The van der Waals surface area contributed by atoms with Crippen molar-refractivity contribution < 1.29 is 0 Å². The molecule has 2 rings (SSSR count). The lowest BCUT2D eigenvalue weighted by atomic mass is 10.2. The van der Waals surface area contributed by atoms with Gasteiger partial charge in [-0.1, -0.05) is 6.07 Å². The van der Waals surface area contributed by atoms with Crippen LogP contribution in [0.15, 0.2) is 40.3 Å². The highest BCUT2D eigenvalue weighted by Crippen LogP contribution is 2.15. The molecule has 0 amide bonds. The molecular weight excluding hydrogens is 298 g/mol. The topological polar surface area (TPSA) is 48.7 Å². The van der Waals surface area contributed by atoms with Crippen LogP contribution in [0.2, 0.25) is 0 Å². The van der Waals surface area contributed by atoms with Gasteiger partial charge in [-0.05, 0) is 39.5 Å². The smallest absolute Gasteiger partial charge is 0.138 e. The van der Waals surface area contributed by atoms with E-state index in [0.29, 0.717) is 6.54 Å². The summed E-state index contributed by atoms with van der Waals surface area (Å²) in [4.78, 5) is 5.43. The molecule has 0 spiro atoms. The van der Waals surface area contributed by atoms with E-state index in [1.807, 2.05) is 29.6 Å². The summed E-state index contributed by atoms with van der Waals surface area (Å²) in [5, 5.41) is 14.3. The maximum Gasteiger partial charge on any atom is 0.138 e. The zero-order valence-electron chi connectivity index (χ0n) is 8.93. The third-order valence-electron chi connectivity index (χ3n) is 2.24. The van der Waals surface area contributed by atoms with Gasteiger partial charge in [0.1, 0.15) is 6.04 Å². The molecule has 0 fully saturated rings. The molecule has 0 saturated heterocycles. The Morgan fingerprint density at radius 3 is 2.94 bits per heavy atom. The van der Waals surface area contributed by atoms with Crippen molar-refractivity contribution in [2.75, 3.05) is 0 Å². The molecule has 3 nitrogen and oxygen atoms in total. The maximum atomic E-state index is 9.12. The highest BCUT2D eigenvalue weighted by Gasteiger charge is 2.11. The first kappa shape index (κ1) is 12.2. The molecule has 2 aromatic heterocycles. The van der Waals surface area contributed by atoms with Gasteiger partial charge in [-0.25, -0.2) is 0 Å². The minimum absolute atomic E-state index is 0.370. The second-order valence-corrected chi connectivity index (χ2v) is 5.37. The Bertz CT molecular complexity index is 502. The van der Waals surface area contributed by atoms with E-state index >= 15 is 0 Å². The molecule has 1 unspecified atom stereocenters. The van der Waals surface area contributed by atoms with Crippen LogP contribution in [0.1, 0.15) is 16.6 Å². The van der Waals surface area contributed by atoms with Gasteiger partial charge in [0.2, 0.25) is 0 Å². The lowest BCUT2D eigenvalue weighted by Crippen LogP contribution is -2.19. The zero-order chi connectivity index (χ0) is 12.1. The monoisotopic (exact) mass is 307 g/mol. The van der Waals surface area contributed by atoms with E-state index in [9.17, 15) is 0 Å². The highest BCUT2D eigenvalue weighted by molar-refractivity contribution is 9.10. The second kappa shape index (κ2) is 5.92. The predicted molar refractivity (Wildman–Crippen MR) is 71.4 cm³/mol. The van der Waals surface area contributed by atoms with Gasteiger partial charge in [-0.15, -0.1) is 11.3 Å². The number of nitrogens with one attached hydrogen (secondary N) is 1. The molecule has 1 N–H and O–H groups in total. The zero-order valence-corrected chi connectivity index (χ0v) is 11.3. The molecule has 0 aliphatic rings. The van der Waals surface area contributed by atoms with Crippen molar-refractivity contribution in [3.8, 4) is 6.07 Å². The van der Waals surface area contributed by atoms with Crippen molar-refractivity contribution in [3.63, 3.8) is 0 Å². The van der Waals surface area contributed by atoms with E-state index in [1.54, 1.807) is 17.5 Å². The van der Waals surface area contributed by atoms with Crippen molar-refractivity contribution >= 4 is 27.3 Å². The van der Waals surface area contributed by atoms with Gasteiger partial charge < -0.3 is 0 Å². The Balaban J connectivity index is 2.02. The number of nitriles is 1. The maximum absolute atomic E-state index is 9.12. The molecule has 5 heteroatoms. The Morgan fingerprint density at radius 2 is 2.35 bits per heavy atom. The number of rotatable bonds is 4. The fourth-order valence-electron chi connectivity index (χ4n) is 1.39. The fourth-order valence-corrected chi connectivity index (χ4v) is 2.28. The molecule has 0 bridgehead atoms. The van der Waals surface area contributed by atoms with Gasteiger partial charge in [0.15, 0.2) is 0 Å². The molecular formula is C12H10BrN3S. The summed E-state index contributed by atoms with van der Waals surface area (Å²) in [6.07, 6.45) is 1.70. The van der Waals surface area contributed by atoms with Crippen LogP contribution < -0.4 is 5.32 Å². The highest BCUT2D eigenvalue weighted by atomic mass is 79.9. The SMILES string of the molecule is N#CC(NCc1cccs1)c1ccc(Br)cn1. The molecule has 0 aliphatic carbocycles. The third-order valence-corrected chi connectivity index (χ3v) is 3.58. The van der Waals surface area contributed by atoms with Gasteiger partial charge in [0, 0.05) is 22.1 Å². The summed E-state index contributed by atoms with van der Waals surface area (Å²) < 4.78 is 0.913. The standard InChI is InChI=1S/C12H10BrN3S/c13-9-3-4-11(15-7-9)12(6-14)16-8-10-2-1-5-17-10/h1-5,7,12,16H,8H2. The molecule has 2 aromatic rings. The summed E-state index contributed by atoms with van der Waals surface area (Å²) in [5.41, 5.74) is 0.743. The Morgan fingerprint density at radius 1 is 1.47 bits per heavy atom. The lowest BCUT2D eigenvalue weighted by molar-refractivity contribution is 0.621. The van der Waals surface area contributed by atoms with E-state index in [2.05, 4.69) is 32.3 Å². The van der Waals surface area contributed by atoms with Crippen LogP contribution in [-0.4, -0.2) is 4.98 Å². The first-order valence-corrected chi connectivity index (χ1v) is 6.73. The van der Waals surface area contributed by atoms with Crippen molar-refractivity contribution in [2.45, 2.75) is 12.6 Å². The van der Waals surface area contributed by atoms with Crippen molar-refractivity contribution in [3.05, 3.63) is 50.9 Å². The van der Waals surface area contributed by atoms with E-state index in [1.165, 1.54) is 4.88 Å². The van der Waals surface area contributed by atoms with Gasteiger partial charge in [-0.2, -0.15) is 5.26 Å². The fraction of sp³-hybridized carbons (Fsp3) is 0.167. The van der Waals surface area contributed by atoms with Crippen LogP contribution in [0.3, 0.4) is 0 Å². The quantitative estimate of drug-likeness (QED) is 0.943. The van der Waals surface area contributed by atoms with E-state index < -0.39 is 0 Å². The molecule has 0 aliphatic heterocycles. The van der Waals surface area contributed by atoms with Gasteiger partial charge in [0.25, 0.3) is 0 Å².